The summed E-state index contributed by atoms with van der Waals surface area (Å²) in [7, 11) is 1.88. The molecule has 0 heterocycles. The zero-order valence-electron chi connectivity index (χ0n) is 6.31. The van der Waals surface area contributed by atoms with Crippen molar-refractivity contribution in [3.05, 3.63) is 0 Å². The molecule has 1 amide bonds. The summed E-state index contributed by atoms with van der Waals surface area (Å²) >= 11 is 0. The predicted molar refractivity (Wildman–Crippen MR) is 40.6 cm³/mol. The number of rotatable bonds is 5. The van der Waals surface area contributed by atoms with Gasteiger partial charge in [0.15, 0.2) is 0 Å². The summed E-state index contributed by atoms with van der Waals surface area (Å²) in [5, 5.41) is 5.64. The Labute approximate surface area is 61.2 Å². The van der Waals surface area contributed by atoms with Gasteiger partial charge in [0.1, 0.15) is 0 Å². The lowest BCUT2D eigenvalue weighted by molar-refractivity contribution is -0.119. The van der Waals surface area contributed by atoms with E-state index in [0.717, 1.165) is 13.0 Å². The topological polar surface area (TPSA) is 67.1 Å². The summed E-state index contributed by atoms with van der Waals surface area (Å²) in [6.07, 6.45) is 0.947. The highest BCUT2D eigenvalue weighted by Gasteiger charge is 1.93. The molecular formula is C6H15N3O. The van der Waals surface area contributed by atoms with Gasteiger partial charge >= 0.3 is 0 Å². The van der Waals surface area contributed by atoms with Crippen molar-refractivity contribution in [3.63, 3.8) is 0 Å². The van der Waals surface area contributed by atoms with Gasteiger partial charge in [0, 0.05) is 6.54 Å². The fourth-order valence-electron chi connectivity index (χ4n) is 0.565. The SMILES string of the molecule is CNCCCNC(=O)CN. The number of amides is 1. The first-order valence-electron chi connectivity index (χ1n) is 3.42. The first-order chi connectivity index (χ1) is 4.81. The first-order valence-corrected chi connectivity index (χ1v) is 3.42. The largest absolute Gasteiger partial charge is 0.355 e. The number of carbonyl (C=O) groups excluding carboxylic acids is 1. The molecule has 0 radical (unpaired) electrons. The summed E-state index contributed by atoms with van der Waals surface area (Å²) in [4.78, 5) is 10.5. The molecule has 4 N–H and O–H groups in total. The van der Waals surface area contributed by atoms with Gasteiger partial charge in [-0.05, 0) is 20.0 Å². The lowest BCUT2D eigenvalue weighted by atomic mass is 10.4. The van der Waals surface area contributed by atoms with Crippen LogP contribution in [-0.4, -0.2) is 32.6 Å². The number of nitrogens with one attached hydrogen (secondary N) is 2. The molecule has 0 saturated heterocycles. The molecule has 0 aliphatic rings. The number of hydrogen-bond donors (Lipinski definition) is 3. The maximum Gasteiger partial charge on any atom is 0.233 e. The monoisotopic (exact) mass is 145 g/mol. The van der Waals surface area contributed by atoms with E-state index in [-0.39, 0.29) is 12.5 Å². The molecule has 0 rings (SSSR count). The summed E-state index contributed by atoms with van der Waals surface area (Å²) < 4.78 is 0. The maximum atomic E-state index is 10.5. The van der Waals surface area contributed by atoms with E-state index < -0.39 is 0 Å². The van der Waals surface area contributed by atoms with Crippen molar-refractivity contribution in [2.24, 2.45) is 5.73 Å². The molecule has 0 aromatic heterocycles. The van der Waals surface area contributed by atoms with E-state index >= 15 is 0 Å². The normalized spacial score (nSPS) is 9.40. The van der Waals surface area contributed by atoms with Crippen molar-refractivity contribution in [1.82, 2.24) is 10.6 Å². The van der Waals surface area contributed by atoms with Crippen molar-refractivity contribution < 1.29 is 4.79 Å². The smallest absolute Gasteiger partial charge is 0.233 e. The van der Waals surface area contributed by atoms with Gasteiger partial charge in [0.25, 0.3) is 0 Å². The van der Waals surface area contributed by atoms with Crippen LogP contribution in [0.1, 0.15) is 6.42 Å². The Morgan fingerprint density at radius 1 is 1.50 bits per heavy atom. The molecule has 4 nitrogen and oxygen atoms in total. The maximum absolute atomic E-state index is 10.5. The van der Waals surface area contributed by atoms with E-state index in [2.05, 4.69) is 10.6 Å². The Morgan fingerprint density at radius 2 is 2.20 bits per heavy atom. The molecule has 0 fully saturated rings. The van der Waals surface area contributed by atoms with Crippen LogP contribution in [0.4, 0.5) is 0 Å². The fourth-order valence-corrected chi connectivity index (χ4v) is 0.565. The van der Waals surface area contributed by atoms with Crippen molar-refractivity contribution in [3.8, 4) is 0 Å². The molecule has 4 heteroatoms. The molecule has 0 spiro atoms. The average molecular weight is 145 g/mol. The molecule has 60 valence electrons. The Morgan fingerprint density at radius 3 is 2.70 bits per heavy atom. The zero-order chi connectivity index (χ0) is 7.82. The van der Waals surface area contributed by atoms with Crippen LogP contribution in [0, 0.1) is 0 Å². The lowest BCUT2D eigenvalue weighted by Crippen LogP contribution is -2.32. The summed E-state index contributed by atoms with van der Waals surface area (Å²) in [6, 6.07) is 0. The van der Waals surface area contributed by atoms with Crippen LogP contribution in [-0.2, 0) is 4.79 Å². The van der Waals surface area contributed by atoms with E-state index in [9.17, 15) is 4.79 Å². The molecule has 0 saturated carbocycles. The van der Waals surface area contributed by atoms with E-state index in [1.807, 2.05) is 7.05 Å². The van der Waals surface area contributed by atoms with Gasteiger partial charge in [-0.3, -0.25) is 4.79 Å². The highest BCUT2D eigenvalue weighted by molar-refractivity contribution is 5.77. The van der Waals surface area contributed by atoms with Crippen LogP contribution < -0.4 is 16.4 Å². The highest BCUT2D eigenvalue weighted by Crippen LogP contribution is 1.70. The second-order valence-corrected chi connectivity index (χ2v) is 2.01. The summed E-state index contributed by atoms with van der Waals surface area (Å²) in [6.45, 7) is 1.71. The Balaban J connectivity index is 2.96. The number of hydrogen-bond acceptors (Lipinski definition) is 3. The third-order valence-corrected chi connectivity index (χ3v) is 1.11. The number of nitrogens with two attached hydrogens (primary N) is 1. The summed E-state index contributed by atoms with van der Waals surface area (Å²) in [5.41, 5.74) is 5.06. The third kappa shape index (κ3) is 5.53. The molecule has 0 atom stereocenters. The first kappa shape index (κ1) is 9.39. The second kappa shape index (κ2) is 6.51. The molecule has 0 aliphatic heterocycles. The fraction of sp³-hybridized carbons (Fsp3) is 0.833. The predicted octanol–water partition coefficient (Wildman–Crippen LogP) is -1.33. The van der Waals surface area contributed by atoms with Gasteiger partial charge in [-0.1, -0.05) is 0 Å². The molecular weight excluding hydrogens is 130 g/mol. The van der Waals surface area contributed by atoms with Crippen LogP contribution in [0.5, 0.6) is 0 Å². The van der Waals surface area contributed by atoms with Crippen molar-refractivity contribution in [2.75, 3.05) is 26.7 Å². The molecule has 10 heavy (non-hydrogen) atoms. The summed E-state index contributed by atoms with van der Waals surface area (Å²) in [5.74, 6) is -0.0869. The minimum atomic E-state index is -0.0869. The molecule has 0 unspecified atom stereocenters. The number of carbonyl (C=O) groups is 1. The van der Waals surface area contributed by atoms with Gasteiger partial charge in [-0.25, -0.2) is 0 Å². The molecule has 0 bridgehead atoms. The third-order valence-electron chi connectivity index (χ3n) is 1.11. The van der Waals surface area contributed by atoms with Gasteiger partial charge in [-0.2, -0.15) is 0 Å². The Hall–Kier alpha value is -0.610. The van der Waals surface area contributed by atoms with Crippen molar-refractivity contribution in [1.29, 1.82) is 0 Å². The van der Waals surface area contributed by atoms with Gasteiger partial charge in [-0.15, -0.1) is 0 Å². The van der Waals surface area contributed by atoms with Crippen molar-refractivity contribution >= 4 is 5.91 Å². The minimum absolute atomic E-state index is 0.0829. The van der Waals surface area contributed by atoms with Gasteiger partial charge in [0.2, 0.25) is 5.91 Å². The minimum Gasteiger partial charge on any atom is -0.355 e. The molecule has 0 aliphatic carbocycles. The van der Waals surface area contributed by atoms with Gasteiger partial charge in [0.05, 0.1) is 6.54 Å². The van der Waals surface area contributed by atoms with E-state index in [1.54, 1.807) is 0 Å². The molecule has 0 aromatic rings. The second-order valence-electron chi connectivity index (χ2n) is 2.01. The van der Waals surface area contributed by atoms with E-state index in [4.69, 9.17) is 5.73 Å². The van der Waals surface area contributed by atoms with E-state index in [0.29, 0.717) is 6.54 Å². The highest BCUT2D eigenvalue weighted by atomic mass is 16.1. The van der Waals surface area contributed by atoms with E-state index in [1.165, 1.54) is 0 Å². The van der Waals surface area contributed by atoms with Gasteiger partial charge < -0.3 is 16.4 Å². The Kier molecular flexibility index (Phi) is 6.11. The quantitative estimate of drug-likeness (QED) is 0.420. The van der Waals surface area contributed by atoms with Crippen LogP contribution in [0.2, 0.25) is 0 Å². The van der Waals surface area contributed by atoms with Crippen LogP contribution in [0.15, 0.2) is 0 Å². The van der Waals surface area contributed by atoms with Crippen LogP contribution in [0.25, 0.3) is 0 Å². The van der Waals surface area contributed by atoms with Crippen LogP contribution >= 0.6 is 0 Å². The average Bonchev–Trinajstić information content (AvgIpc) is 1.98. The standard InChI is InChI=1S/C6H15N3O/c1-8-3-2-4-9-6(10)5-7/h8H,2-5,7H2,1H3,(H,9,10). The Bertz CT molecular complexity index is 95.0. The lowest BCUT2D eigenvalue weighted by Gasteiger charge is -2.01. The molecule has 0 aromatic carbocycles. The van der Waals surface area contributed by atoms with Crippen molar-refractivity contribution in [2.45, 2.75) is 6.42 Å². The zero-order valence-corrected chi connectivity index (χ0v) is 6.31. The van der Waals surface area contributed by atoms with Crippen LogP contribution in [0.3, 0.4) is 0 Å².